The van der Waals surface area contributed by atoms with E-state index in [1.165, 1.54) is 11.1 Å². The summed E-state index contributed by atoms with van der Waals surface area (Å²) in [7, 11) is 0. The average molecular weight is 301 g/mol. The summed E-state index contributed by atoms with van der Waals surface area (Å²) in [6.45, 7) is 4.32. The van der Waals surface area contributed by atoms with Gasteiger partial charge in [-0.25, -0.2) is 4.79 Å². The highest BCUT2D eigenvalue weighted by atomic mass is 16.4. The van der Waals surface area contributed by atoms with E-state index in [1.54, 1.807) is 0 Å². The zero-order valence-corrected chi connectivity index (χ0v) is 13.1. The summed E-state index contributed by atoms with van der Waals surface area (Å²) >= 11 is 0. The second-order valence-corrected chi connectivity index (χ2v) is 7.00. The van der Waals surface area contributed by atoms with Crippen LogP contribution >= 0.6 is 0 Å². The number of nitrogens with one attached hydrogen (secondary N) is 1. The fourth-order valence-electron chi connectivity index (χ4n) is 3.23. The monoisotopic (exact) mass is 301 g/mol. The van der Waals surface area contributed by atoms with Crippen LogP contribution in [0.4, 0.5) is 0 Å². The van der Waals surface area contributed by atoms with Crippen molar-refractivity contribution in [2.75, 3.05) is 0 Å². The lowest BCUT2D eigenvalue weighted by atomic mass is 9.76. The molecule has 2 aliphatic carbocycles. The Hall–Kier alpha value is -1.84. The van der Waals surface area contributed by atoms with Gasteiger partial charge in [0.1, 0.15) is 5.54 Å². The molecule has 0 radical (unpaired) electrons. The molecule has 1 amide bonds. The molecule has 0 spiro atoms. The van der Waals surface area contributed by atoms with Gasteiger partial charge in [0.2, 0.25) is 5.91 Å². The number of aliphatic carboxylic acids is 1. The maximum absolute atomic E-state index is 12.3. The number of carboxylic acids is 1. The van der Waals surface area contributed by atoms with Crippen molar-refractivity contribution >= 4 is 11.9 Å². The summed E-state index contributed by atoms with van der Waals surface area (Å²) in [5, 5.41) is 12.1. The molecule has 22 heavy (non-hydrogen) atoms. The first-order valence-electron chi connectivity index (χ1n) is 8.08. The van der Waals surface area contributed by atoms with Gasteiger partial charge in [0.15, 0.2) is 0 Å². The molecular formula is C18H23NO3. The molecule has 1 aromatic rings. The first kappa shape index (κ1) is 15.1. The third kappa shape index (κ3) is 2.62. The molecule has 4 heteroatoms. The SMILES string of the molecule is CC(C)c1ccc(C2CC2C(=O)NC2(C(=O)O)CCC2)cc1. The summed E-state index contributed by atoms with van der Waals surface area (Å²) in [5.41, 5.74) is 1.48. The molecule has 2 fully saturated rings. The van der Waals surface area contributed by atoms with Crippen molar-refractivity contribution in [2.24, 2.45) is 5.92 Å². The standard InChI is InChI=1S/C18H23NO3/c1-11(2)12-4-6-13(7-5-12)14-10-15(14)16(20)19-18(17(21)22)8-3-9-18/h4-7,11,14-15H,3,8-10H2,1-2H3,(H,19,20)(H,21,22). The van der Waals surface area contributed by atoms with Crippen molar-refractivity contribution in [2.45, 2.75) is 56.9 Å². The molecule has 2 saturated carbocycles. The quantitative estimate of drug-likeness (QED) is 0.878. The number of hydrogen-bond acceptors (Lipinski definition) is 2. The highest BCUT2D eigenvalue weighted by Crippen LogP contribution is 2.48. The first-order chi connectivity index (χ1) is 10.4. The molecule has 0 aliphatic heterocycles. The van der Waals surface area contributed by atoms with Crippen LogP contribution in [-0.4, -0.2) is 22.5 Å². The summed E-state index contributed by atoms with van der Waals surface area (Å²) in [6, 6.07) is 8.45. The number of carboxylic acid groups (broad SMARTS) is 1. The first-order valence-corrected chi connectivity index (χ1v) is 8.08. The van der Waals surface area contributed by atoms with Gasteiger partial charge < -0.3 is 10.4 Å². The Morgan fingerprint density at radius 1 is 1.23 bits per heavy atom. The minimum atomic E-state index is -0.994. The second kappa shape index (κ2) is 5.41. The van der Waals surface area contributed by atoms with Crippen LogP contribution in [0.25, 0.3) is 0 Å². The van der Waals surface area contributed by atoms with Crippen LogP contribution in [0.2, 0.25) is 0 Å². The Kier molecular flexibility index (Phi) is 3.71. The van der Waals surface area contributed by atoms with E-state index in [0.717, 1.165) is 12.8 Å². The largest absolute Gasteiger partial charge is 0.480 e. The topological polar surface area (TPSA) is 66.4 Å². The molecule has 2 N–H and O–H groups in total. The predicted octanol–water partition coefficient (Wildman–Crippen LogP) is 3.04. The van der Waals surface area contributed by atoms with Gasteiger partial charge in [0.05, 0.1) is 0 Å². The average Bonchev–Trinajstić information content (AvgIpc) is 3.22. The van der Waals surface area contributed by atoms with Crippen molar-refractivity contribution in [3.63, 3.8) is 0 Å². The van der Waals surface area contributed by atoms with Crippen LogP contribution in [0.5, 0.6) is 0 Å². The van der Waals surface area contributed by atoms with Crippen LogP contribution in [0.1, 0.15) is 62.5 Å². The number of hydrogen-bond donors (Lipinski definition) is 2. The third-order valence-electron chi connectivity index (χ3n) is 5.14. The van der Waals surface area contributed by atoms with E-state index in [4.69, 9.17) is 0 Å². The molecule has 0 aromatic heterocycles. The number of rotatable bonds is 5. The third-order valence-corrected chi connectivity index (χ3v) is 5.14. The summed E-state index contributed by atoms with van der Waals surface area (Å²) < 4.78 is 0. The van der Waals surface area contributed by atoms with Crippen molar-refractivity contribution in [3.8, 4) is 0 Å². The van der Waals surface area contributed by atoms with Gasteiger partial charge in [-0.3, -0.25) is 4.79 Å². The molecule has 2 atom stereocenters. The minimum Gasteiger partial charge on any atom is -0.480 e. The van der Waals surface area contributed by atoms with E-state index in [0.29, 0.717) is 18.8 Å². The predicted molar refractivity (Wildman–Crippen MR) is 83.7 cm³/mol. The smallest absolute Gasteiger partial charge is 0.329 e. The summed E-state index contributed by atoms with van der Waals surface area (Å²) in [4.78, 5) is 23.6. The molecular weight excluding hydrogens is 278 g/mol. The Morgan fingerprint density at radius 3 is 2.32 bits per heavy atom. The van der Waals surface area contributed by atoms with Crippen LogP contribution in [-0.2, 0) is 9.59 Å². The molecule has 0 saturated heterocycles. The van der Waals surface area contributed by atoms with Crippen LogP contribution < -0.4 is 5.32 Å². The lowest BCUT2D eigenvalue weighted by Crippen LogP contribution is -2.59. The minimum absolute atomic E-state index is 0.0678. The zero-order valence-electron chi connectivity index (χ0n) is 13.1. The van der Waals surface area contributed by atoms with Crippen LogP contribution in [0, 0.1) is 5.92 Å². The van der Waals surface area contributed by atoms with E-state index < -0.39 is 11.5 Å². The fraction of sp³-hybridized carbons (Fsp3) is 0.556. The molecule has 0 heterocycles. The Bertz CT molecular complexity index is 587. The normalized spacial score (nSPS) is 25.4. The molecule has 4 nitrogen and oxygen atoms in total. The van der Waals surface area contributed by atoms with Gasteiger partial charge in [0.25, 0.3) is 0 Å². The lowest BCUT2D eigenvalue weighted by Gasteiger charge is -2.38. The summed E-state index contributed by atoms with van der Waals surface area (Å²) in [5.74, 6) is -0.319. The number of amides is 1. The van der Waals surface area contributed by atoms with Crippen molar-refractivity contribution < 1.29 is 14.7 Å². The van der Waals surface area contributed by atoms with Crippen LogP contribution in [0.3, 0.4) is 0 Å². The van der Waals surface area contributed by atoms with E-state index >= 15 is 0 Å². The number of carbonyl (C=O) groups excluding carboxylic acids is 1. The zero-order chi connectivity index (χ0) is 15.9. The molecule has 3 rings (SSSR count). The Morgan fingerprint density at radius 2 is 1.86 bits per heavy atom. The van der Waals surface area contributed by atoms with E-state index in [1.807, 2.05) is 0 Å². The molecule has 0 bridgehead atoms. The molecule has 118 valence electrons. The second-order valence-electron chi connectivity index (χ2n) is 7.00. The van der Waals surface area contributed by atoms with Gasteiger partial charge in [-0.1, -0.05) is 38.1 Å². The molecule has 2 aliphatic rings. The van der Waals surface area contributed by atoms with E-state index in [-0.39, 0.29) is 17.7 Å². The highest BCUT2D eigenvalue weighted by molar-refractivity contribution is 5.90. The fourth-order valence-corrected chi connectivity index (χ4v) is 3.23. The molecule has 2 unspecified atom stereocenters. The Balaban J connectivity index is 1.62. The number of benzene rings is 1. The van der Waals surface area contributed by atoms with E-state index in [9.17, 15) is 14.7 Å². The van der Waals surface area contributed by atoms with Crippen molar-refractivity contribution in [1.29, 1.82) is 0 Å². The number of carbonyl (C=O) groups is 2. The maximum Gasteiger partial charge on any atom is 0.329 e. The van der Waals surface area contributed by atoms with Crippen LogP contribution in [0.15, 0.2) is 24.3 Å². The van der Waals surface area contributed by atoms with Gasteiger partial charge in [-0.2, -0.15) is 0 Å². The summed E-state index contributed by atoms with van der Waals surface area (Å²) in [6.07, 6.45) is 2.79. The highest BCUT2D eigenvalue weighted by Gasteiger charge is 2.50. The van der Waals surface area contributed by atoms with Gasteiger partial charge in [0, 0.05) is 5.92 Å². The van der Waals surface area contributed by atoms with Crippen molar-refractivity contribution in [1.82, 2.24) is 5.32 Å². The van der Waals surface area contributed by atoms with E-state index in [2.05, 4.69) is 43.4 Å². The van der Waals surface area contributed by atoms with Gasteiger partial charge in [-0.15, -0.1) is 0 Å². The Labute approximate surface area is 130 Å². The maximum atomic E-state index is 12.3. The lowest BCUT2D eigenvalue weighted by molar-refractivity contribution is -0.152. The van der Waals surface area contributed by atoms with Gasteiger partial charge >= 0.3 is 5.97 Å². The van der Waals surface area contributed by atoms with Crippen molar-refractivity contribution in [3.05, 3.63) is 35.4 Å². The van der Waals surface area contributed by atoms with Gasteiger partial charge in [-0.05, 0) is 48.6 Å². The molecule has 1 aromatic carbocycles.